The minimum absolute atomic E-state index is 0.129. The Bertz CT molecular complexity index is 2140. The third kappa shape index (κ3) is 7.07. The highest BCUT2D eigenvalue weighted by atomic mass is 16.4. The predicted octanol–water partition coefficient (Wildman–Crippen LogP) is 6.05. The molecule has 4 aromatic carbocycles. The van der Waals surface area contributed by atoms with E-state index in [4.69, 9.17) is 0 Å². The Morgan fingerprint density at radius 1 is 0.696 bits per heavy atom. The first-order chi connectivity index (χ1) is 27.3. The maximum absolute atomic E-state index is 13.2. The predicted molar refractivity (Wildman–Crippen MR) is 215 cm³/mol. The second kappa shape index (κ2) is 15.2. The molecule has 288 valence electrons. The number of fused-ring (bicyclic) bond motifs is 2. The lowest BCUT2D eigenvalue weighted by molar-refractivity contribution is -0.136. The molecule has 10 nitrogen and oxygen atoms in total. The number of aromatic carboxylic acids is 1. The van der Waals surface area contributed by atoms with Crippen molar-refractivity contribution in [3.05, 3.63) is 130 Å². The molecule has 0 unspecified atom stereocenters. The fraction of sp³-hybridized carbons (Fsp3) is 0.391. The number of carbonyl (C=O) groups is 4. The number of amides is 3. The van der Waals surface area contributed by atoms with Gasteiger partial charge < -0.3 is 19.8 Å². The number of piperidine rings is 2. The number of piperazine rings is 1. The molecular formula is C46H49N5O5. The van der Waals surface area contributed by atoms with Gasteiger partial charge in [0.15, 0.2) is 0 Å². The zero-order valence-electron chi connectivity index (χ0n) is 31.7. The van der Waals surface area contributed by atoms with Crippen molar-refractivity contribution in [2.24, 2.45) is 5.92 Å². The molecule has 0 radical (unpaired) electrons. The van der Waals surface area contributed by atoms with Gasteiger partial charge in [0.2, 0.25) is 11.8 Å². The van der Waals surface area contributed by atoms with E-state index in [1.54, 1.807) is 11.0 Å². The first-order valence-corrected chi connectivity index (χ1v) is 20.3. The fourth-order valence-corrected chi connectivity index (χ4v) is 10.0. The average Bonchev–Trinajstić information content (AvgIpc) is 3.55. The Balaban J connectivity index is 0.788. The van der Waals surface area contributed by atoms with Crippen LogP contribution in [-0.4, -0.2) is 90.5 Å². The Kier molecular flexibility index (Phi) is 9.83. The fourth-order valence-electron chi connectivity index (χ4n) is 10.0. The van der Waals surface area contributed by atoms with Crippen molar-refractivity contribution in [3.63, 3.8) is 0 Å². The summed E-state index contributed by atoms with van der Waals surface area (Å²) in [6.45, 7) is 7.49. The number of carbonyl (C=O) groups excluding carboxylic acids is 3. The molecule has 56 heavy (non-hydrogen) atoms. The Morgan fingerprint density at radius 2 is 1.43 bits per heavy atom. The lowest BCUT2D eigenvalue weighted by atomic mass is 9.69. The van der Waals surface area contributed by atoms with Crippen LogP contribution in [0.25, 0.3) is 0 Å². The van der Waals surface area contributed by atoms with E-state index in [1.165, 1.54) is 35.2 Å². The number of benzene rings is 4. The van der Waals surface area contributed by atoms with Gasteiger partial charge in [-0.25, -0.2) is 4.79 Å². The van der Waals surface area contributed by atoms with Gasteiger partial charge in [0.25, 0.3) is 5.91 Å². The molecule has 4 aromatic rings. The number of rotatable bonds is 8. The average molecular weight is 752 g/mol. The molecule has 0 spiro atoms. The van der Waals surface area contributed by atoms with Crippen molar-refractivity contribution in [1.29, 1.82) is 0 Å². The molecular weight excluding hydrogens is 703 g/mol. The summed E-state index contributed by atoms with van der Waals surface area (Å²) in [6, 6.07) is 31.1. The number of anilines is 2. The van der Waals surface area contributed by atoms with E-state index in [2.05, 4.69) is 80.7 Å². The summed E-state index contributed by atoms with van der Waals surface area (Å²) in [6.07, 6.45) is 4.83. The van der Waals surface area contributed by atoms with E-state index in [0.717, 1.165) is 75.5 Å². The van der Waals surface area contributed by atoms with Gasteiger partial charge in [0, 0.05) is 81.6 Å². The molecule has 4 heterocycles. The largest absolute Gasteiger partial charge is 0.478 e. The molecule has 2 N–H and O–H groups in total. The van der Waals surface area contributed by atoms with Crippen molar-refractivity contribution in [3.8, 4) is 0 Å². The van der Waals surface area contributed by atoms with Crippen LogP contribution in [0.5, 0.6) is 0 Å². The van der Waals surface area contributed by atoms with E-state index in [1.807, 2.05) is 24.3 Å². The molecule has 5 aliphatic rings. The Labute approximate surface area is 328 Å². The number of carboxylic acids is 1. The molecule has 0 aromatic heterocycles. The number of hydrogen-bond donors (Lipinski definition) is 2. The molecule has 9 rings (SSSR count). The zero-order chi connectivity index (χ0) is 38.3. The van der Waals surface area contributed by atoms with Crippen molar-refractivity contribution in [1.82, 2.24) is 15.1 Å². The van der Waals surface area contributed by atoms with Gasteiger partial charge >= 0.3 is 5.97 Å². The highest BCUT2D eigenvalue weighted by Crippen LogP contribution is 2.47. The van der Waals surface area contributed by atoms with Crippen LogP contribution in [0.3, 0.4) is 0 Å². The first kappa shape index (κ1) is 36.2. The van der Waals surface area contributed by atoms with Gasteiger partial charge in [-0.1, -0.05) is 48.5 Å². The number of aryl methyl sites for hydroxylation is 1. The minimum atomic E-state index is -0.875. The van der Waals surface area contributed by atoms with Gasteiger partial charge in [-0.2, -0.15) is 0 Å². The molecule has 1 aliphatic carbocycles. The molecule has 0 bridgehead atoms. The Morgan fingerprint density at radius 3 is 2.16 bits per heavy atom. The van der Waals surface area contributed by atoms with Crippen LogP contribution >= 0.6 is 0 Å². The topological polar surface area (TPSA) is 114 Å². The van der Waals surface area contributed by atoms with Crippen LogP contribution in [0.15, 0.2) is 91.0 Å². The summed E-state index contributed by atoms with van der Waals surface area (Å²) in [7, 11) is 0. The van der Waals surface area contributed by atoms with Gasteiger partial charge in [-0.3, -0.25) is 24.6 Å². The molecule has 3 amide bonds. The maximum atomic E-state index is 13.2. The van der Waals surface area contributed by atoms with E-state index >= 15 is 0 Å². The van der Waals surface area contributed by atoms with Crippen molar-refractivity contribution in [2.75, 3.05) is 55.6 Å². The highest BCUT2D eigenvalue weighted by molar-refractivity contribution is 6.05. The number of nitrogens with one attached hydrogen (secondary N) is 1. The van der Waals surface area contributed by atoms with E-state index < -0.39 is 12.0 Å². The monoisotopic (exact) mass is 751 g/mol. The van der Waals surface area contributed by atoms with Crippen LogP contribution in [0.1, 0.15) is 92.5 Å². The quantitative estimate of drug-likeness (QED) is 0.210. The minimum Gasteiger partial charge on any atom is -0.478 e. The maximum Gasteiger partial charge on any atom is 0.335 e. The lowest BCUT2D eigenvalue weighted by Crippen LogP contribution is -2.52. The van der Waals surface area contributed by atoms with E-state index in [9.17, 15) is 24.3 Å². The smallest absolute Gasteiger partial charge is 0.335 e. The molecule has 3 saturated heterocycles. The number of nitrogens with zero attached hydrogens (tertiary/aromatic N) is 4. The normalized spacial score (nSPS) is 23.2. The molecule has 0 saturated carbocycles. The van der Waals surface area contributed by atoms with Gasteiger partial charge in [-0.15, -0.1) is 0 Å². The number of carboxylic acid groups (broad SMARTS) is 1. The van der Waals surface area contributed by atoms with Gasteiger partial charge in [0.05, 0.1) is 5.56 Å². The zero-order valence-corrected chi connectivity index (χ0v) is 31.7. The summed E-state index contributed by atoms with van der Waals surface area (Å²) >= 11 is 0. The molecule has 3 atom stereocenters. The molecule has 4 aliphatic heterocycles. The number of imide groups is 1. The second-order valence-corrected chi connectivity index (χ2v) is 16.3. The summed E-state index contributed by atoms with van der Waals surface area (Å²) in [5.74, 6) is -0.478. The van der Waals surface area contributed by atoms with E-state index in [-0.39, 0.29) is 30.1 Å². The van der Waals surface area contributed by atoms with Crippen molar-refractivity contribution in [2.45, 2.75) is 62.9 Å². The summed E-state index contributed by atoms with van der Waals surface area (Å²) in [5, 5.41) is 12.0. The second-order valence-electron chi connectivity index (χ2n) is 16.3. The molecule has 3 fully saturated rings. The lowest BCUT2D eigenvalue weighted by Gasteiger charge is -2.40. The van der Waals surface area contributed by atoms with Gasteiger partial charge in [0.1, 0.15) is 6.04 Å². The van der Waals surface area contributed by atoms with Crippen LogP contribution in [0, 0.1) is 5.92 Å². The summed E-state index contributed by atoms with van der Waals surface area (Å²) in [4.78, 5) is 58.2. The third-order valence-electron chi connectivity index (χ3n) is 13.1. The van der Waals surface area contributed by atoms with Crippen LogP contribution < -0.4 is 15.1 Å². The standard InChI is InChI=1S/C46H49N5O5/c52-42-17-16-41(44(53)47-42)51-29-35-27-37(12-15-40(35)45(51)54)50-24-22-48(23-25-50)28-30-18-20-49(21-19-30)36-10-6-32(7-11-36)43-38(31-4-2-1-3-5-31)13-8-33-26-34(46(55)56)9-14-39(33)43/h1-7,9-12,14-15,26-27,30,38,41,43H,8,13,16-25,28-29H2,(H,55,56)(H,47,52,53)/t38-,41+,43+/m1/s1. The summed E-state index contributed by atoms with van der Waals surface area (Å²) < 4.78 is 0. The van der Waals surface area contributed by atoms with Crippen molar-refractivity contribution < 1.29 is 24.3 Å². The Hall–Kier alpha value is -5.48. The van der Waals surface area contributed by atoms with Crippen LogP contribution in [0.2, 0.25) is 0 Å². The third-order valence-corrected chi connectivity index (χ3v) is 13.1. The summed E-state index contributed by atoms with van der Waals surface area (Å²) in [5.41, 5.74) is 9.36. The van der Waals surface area contributed by atoms with Crippen LogP contribution in [0.4, 0.5) is 11.4 Å². The SMILES string of the molecule is O=C1CC[C@H](N2Cc3cc(N4CCN(CC5CCN(c6ccc([C@@H]7c8ccc(C(=O)O)cc8CC[C@@H]7c7ccccc7)cc6)CC5)CC4)ccc3C2=O)C(=O)N1. The van der Waals surface area contributed by atoms with Gasteiger partial charge in [-0.05, 0) is 114 Å². The first-order valence-electron chi connectivity index (χ1n) is 20.3. The van der Waals surface area contributed by atoms with Crippen LogP contribution in [-0.2, 0) is 22.6 Å². The number of hydrogen-bond acceptors (Lipinski definition) is 7. The molecule has 10 heteroatoms. The highest BCUT2D eigenvalue weighted by Gasteiger charge is 2.39. The van der Waals surface area contributed by atoms with Crippen molar-refractivity contribution >= 4 is 35.1 Å². The van der Waals surface area contributed by atoms with E-state index in [0.29, 0.717) is 35.9 Å².